The lowest BCUT2D eigenvalue weighted by atomic mass is 9.59. The number of Topliss-reactive ketones (excluding diaryl/α,β-unsaturated/α-hetero) is 1. The predicted octanol–water partition coefficient (Wildman–Crippen LogP) is 6.11. The van der Waals surface area contributed by atoms with Gasteiger partial charge in [-0.3, -0.25) is 24.1 Å². The fourth-order valence-corrected chi connectivity index (χ4v) is 7.58. The topological polar surface area (TPSA) is 113 Å². The number of carbonyl (C=O) groups is 4. The zero-order chi connectivity index (χ0) is 30.7. The molecular formula is C35H27BrN2O6. The predicted molar refractivity (Wildman–Crippen MR) is 168 cm³/mol. The summed E-state index contributed by atoms with van der Waals surface area (Å²) in [5.74, 6) is -3.79. The Labute approximate surface area is 261 Å². The van der Waals surface area contributed by atoms with Crippen LogP contribution in [-0.2, 0) is 19.2 Å². The van der Waals surface area contributed by atoms with Crippen molar-refractivity contribution in [2.75, 3.05) is 17.3 Å². The number of benzene rings is 3. The van der Waals surface area contributed by atoms with E-state index in [0.29, 0.717) is 23.2 Å². The van der Waals surface area contributed by atoms with Gasteiger partial charge >= 0.3 is 0 Å². The fraction of sp³-hybridized carbons (Fsp3) is 0.200. The maximum atomic E-state index is 14.2. The number of carbonyl (C=O) groups excluding carboxylic acids is 4. The third-order valence-corrected chi connectivity index (χ3v) is 9.67. The Hall–Kier alpha value is -4.76. The average molecular weight is 652 g/mol. The number of allylic oxidation sites excluding steroid dienone is 6. The van der Waals surface area contributed by atoms with Crippen LogP contribution in [-0.4, -0.2) is 35.6 Å². The summed E-state index contributed by atoms with van der Waals surface area (Å²) in [6.07, 6.45) is 3.63. The number of nitrogens with zero attached hydrogens (tertiary/aromatic N) is 1. The summed E-state index contributed by atoms with van der Waals surface area (Å²) in [7, 11) is 1.44. The van der Waals surface area contributed by atoms with Crippen LogP contribution in [0.25, 0.3) is 0 Å². The molecule has 0 aromatic heterocycles. The van der Waals surface area contributed by atoms with Gasteiger partial charge in [-0.1, -0.05) is 42.0 Å². The maximum Gasteiger partial charge on any atom is 0.238 e. The van der Waals surface area contributed by atoms with Gasteiger partial charge in [0.25, 0.3) is 0 Å². The van der Waals surface area contributed by atoms with Crippen LogP contribution in [0.5, 0.6) is 11.5 Å². The smallest absolute Gasteiger partial charge is 0.238 e. The van der Waals surface area contributed by atoms with E-state index < -0.39 is 23.7 Å². The van der Waals surface area contributed by atoms with Crippen molar-refractivity contribution in [3.63, 3.8) is 0 Å². The SMILES string of the molecule is COc1cccc([C@H]2C3=CC[C@@H]4C(=O)N(c5ccc(Nc6ccccc6)cc5)C(=O)[C@@H]4[C@@H]3CC3=C2C(=O)C=C(Br)C3=O)c1O. The Morgan fingerprint density at radius 1 is 0.886 bits per heavy atom. The summed E-state index contributed by atoms with van der Waals surface area (Å²) in [4.78, 5) is 56.1. The van der Waals surface area contributed by atoms with E-state index in [1.165, 1.54) is 18.1 Å². The summed E-state index contributed by atoms with van der Waals surface area (Å²) in [6, 6.07) is 21.8. The molecular weight excluding hydrogens is 624 g/mol. The zero-order valence-electron chi connectivity index (χ0n) is 23.6. The van der Waals surface area contributed by atoms with Crippen molar-refractivity contribution in [1.29, 1.82) is 0 Å². The molecule has 44 heavy (non-hydrogen) atoms. The van der Waals surface area contributed by atoms with Crippen LogP contribution in [0.15, 0.2) is 106 Å². The first kappa shape index (κ1) is 28.0. The van der Waals surface area contributed by atoms with E-state index in [9.17, 15) is 24.3 Å². The van der Waals surface area contributed by atoms with Crippen molar-refractivity contribution in [3.8, 4) is 11.5 Å². The van der Waals surface area contributed by atoms with Crippen molar-refractivity contribution in [2.45, 2.75) is 18.8 Å². The van der Waals surface area contributed by atoms with E-state index in [4.69, 9.17) is 4.74 Å². The third-order valence-electron chi connectivity index (χ3n) is 9.08. The number of phenols is 1. The molecule has 3 aromatic carbocycles. The van der Waals surface area contributed by atoms with Crippen LogP contribution in [0.2, 0.25) is 0 Å². The van der Waals surface area contributed by atoms with E-state index in [-0.39, 0.29) is 51.4 Å². The van der Waals surface area contributed by atoms with Gasteiger partial charge in [0, 0.05) is 40.1 Å². The normalized spacial score (nSPS) is 24.4. The quantitative estimate of drug-likeness (QED) is 0.195. The summed E-state index contributed by atoms with van der Waals surface area (Å²) < 4.78 is 5.50. The van der Waals surface area contributed by atoms with Crippen LogP contribution in [0.1, 0.15) is 24.3 Å². The molecule has 220 valence electrons. The van der Waals surface area contributed by atoms with Crippen molar-refractivity contribution in [3.05, 3.63) is 112 Å². The molecule has 0 radical (unpaired) electrons. The van der Waals surface area contributed by atoms with Crippen LogP contribution < -0.4 is 15.0 Å². The number of methoxy groups -OCH3 is 1. The second-order valence-corrected chi connectivity index (χ2v) is 12.2. The number of para-hydroxylation sites is 2. The summed E-state index contributed by atoms with van der Waals surface area (Å²) in [6.45, 7) is 0. The molecule has 2 N–H and O–H groups in total. The van der Waals surface area contributed by atoms with Crippen LogP contribution in [0.3, 0.4) is 0 Å². The number of nitrogens with one attached hydrogen (secondary N) is 1. The molecule has 9 heteroatoms. The number of rotatable bonds is 5. The van der Waals surface area contributed by atoms with Crippen molar-refractivity contribution >= 4 is 56.4 Å². The lowest BCUT2D eigenvalue weighted by molar-refractivity contribution is -0.123. The molecule has 0 unspecified atom stereocenters. The molecule has 1 aliphatic heterocycles. The Kier molecular flexibility index (Phi) is 6.85. The van der Waals surface area contributed by atoms with E-state index in [1.807, 2.05) is 48.5 Å². The number of anilines is 3. The Bertz CT molecular complexity index is 1840. The number of hydrogen-bond acceptors (Lipinski definition) is 7. The highest BCUT2D eigenvalue weighted by Gasteiger charge is 2.57. The molecule has 0 bridgehead atoms. The maximum absolute atomic E-state index is 14.2. The number of imide groups is 1. The van der Waals surface area contributed by atoms with E-state index in [1.54, 1.807) is 30.3 Å². The second kappa shape index (κ2) is 10.7. The Morgan fingerprint density at radius 3 is 2.34 bits per heavy atom. The summed E-state index contributed by atoms with van der Waals surface area (Å²) in [5, 5.41) is 14.5. The highest BCUT2D eigenvalue weighted by molar-refractivity contribution is 9.12. The lowest BCUT2D eigenvalue weighted by Crippen LogP contribution is -2.39. The van der Waals surface area contributed by atoms with Crippen molar-refractivity contribution in [2.24, 2.45) is 17.8 Å². The van der Waals surface area contributed by atoms with E-state index >= 15 is 0 Å². The van der Waals surface area contributed by atoms with Gasteiger partial charge in [0.05, 0.1) is 29.1 Å². The largest absolute Gasteiger partial charge is 0.504 e. The molecule has 4 atom stereocenters. The molecule has 3 aromatic rings. The standard InChI is InChI=1S/C35H27BrN2O6/c1-44-28-9-5-8-22(33(28)41)29-21-14-15-23-30(24(21)16-25-31(29)27(39)17-26(36)32(25)40)35(43)38(34(23)42)20-12-10-19(11-13-20)37-18-6-3-2-4-7-18/h2-14,17,23-24,29-30,37,41H,15-16H2,1H3/t23-,24+,29+,30-/m0/s1. The number of ketones is 2. The van der Waals surface area contributed by atoms with Crippen molar-refractivity contribution in [1.82, 2.24) is 0 Å². The van der Waals surface area contributed by atoms with Gasteiger partial charge in [-0.05, 0) is 77.2 Å². The van der Waals surface area contributed by atoms with Gasteiger partial charge in [-0.2, -0.15) is 0 Å². The first-order chi connectivity index (χ1) is 21.3. The number of phenolic OH excluding ortho intramolecular Hbond substituents is 1. The van der Waals surface area contributed by atoms with E-state index in [2.05, 4.69) is 21.2 Å². The molecule has 3 aliphatic carbocycles. The van der Waals surface area contributed by atoms with Gasteiger partial charge in [-0.15, -0.1) is 0 Å². The first-order valence-electron chi connectivity index (χ1n) is 14.3. The number of halogens is 1. The number of amides is 2. The minimum atomic E-state index is -0.770. The molecule has 7 rings (SSSR count). The van der Waals surface area contributed by atoms with Crippen LogP contribution >= 0.6 is 15.9 Å². The highest BCUT2D eigenvalue weighted by atomic mass is 79.9. The molecule has 8 nitrogen and oxygen atoms in total. The molecule has 0 spiro atoms. The van der Waals surface area contributed by atoms with Crippen LogP contribution in [0.4, 0.5) is 17.1 Å². The lowest BCUT2D eigenvalue weighted by Gasteiger charge is -2.42. The number of fused-ring (bicyclic) bond motifs is 3. The summed E-state index contributed by atoms with van der Waals surface area (Å²) in [5.41, 5.74) is 3.96. The van der Waals surface area contributed by atoms with Gasteiger partial charge in [0.15, 0.2) is 23.1 Å². The Balaban J connectivity index is 1.27. The monoisotopic (exact) mass is 650 g/mol. The minimum absolute atomic E-state index is 0.135. The second-order valence-electron chi connectivity index (χ2n) is 11.3. The highest BCUT2D eigenvalue weighted by Crippen LogP contribution is 2.57. The number of aromatic hydroxyl groups is 1. The zero-order valence-corrected chi connectivity index (χ0v) is 25.2. The molecule has 0 saturated carbocycles. The fourth-order valence-electron chi connectivity index (χ4n) is 7.14. The van der Waals surface area contributed by atoms with Gasteiger partial charge in [0.2, 0.25) is 11.8 Å². The molecule has 1 saturated heterocycles. The van der Waals surface area contributed by atoms with Gasteiger partial charge in [0.1, 0.15) is 0 Å². The minimum Gasteiger partial charge on any atom is -0.504 e. The first-order valence-corrected chi connectivity index (χ1v) is 15.1. The molecule has 4 aliphatic rings. The van der Waals surface area contributed by atoms with E-state index in [0.717, 1.165) is 16.9 Å². The van der Waals surface area contributed by atoms with Gasteiger partial charge in [-0.25, -0.2) is 0 Å². The molecule has 1 heterocycles. The van der Waals surface area contributed by atoms with Gasteiger partial charge < -0.3 is 15.2 Å². The third kappa shape index (κ3) is 4.33. The number of ether oxygens (including phenoxy) is 1. The van der Waals surface area contributed by atoms with Crippen molar-refractivity contribution < 1.29 is 29.0 Å². The van der Waals surface area contributed by atoms with Crippen LogP contribution in [0, 0.1) is 17.8 Å². The summed E-state index contributed by atoms with van der Waals surface area (Å²) >= 11 is 3.24. The number of hydrogen-bond donors (Lipinski definition) is 2. The average Bonchev–Trinajstić information content (AvgIpc) is 3.29. The molecule has 1 fully saturated rings. The molecule has 2 amide bonds. The Morgan fingerprint density at radius 2 is 1.61 bits per heavy atom.